The second kappa shape index (κ2) is 9.24. The van der Waals surface area contributed by atoms with Gasteiger partial charge in [-0.25, -0.2) is 9.78 Å². The summed E-state index contributed by atoms with van der Waals surface area (Å²) in [6.07, 6.45) is 9.56. The number of carbonyl (C=O) groups is 1. The third-order valence-corrected chi connectivity index (χ3v) is 5.52. The van der Waals surface area contributed by atoms with Crippen molar-refractivity contribution in [2.75, 3.05) is 30.9 Å². The van der Waals surface area contributed by atoms with Gasteiger partial charge in [-0.1, -0.05) is 6.92 Å². The van der Waals surface area contributed by atoms with Crippen LogP contribution in [-0.4, -0.2) is 48.7 Å². The zero-order valence-electron chi connectivity index (χ0n) is 17.0. The van der Waals surface area contributed by atoms with Gasteiger partial charge in [0.05, 0.1) is 5.69 Å². The van der Waals surface area contributed by atoms with Gasteiger partial charge < -0.3 is 20.9 Å². The SMILES string of the molecule is CCCNC(=O)NC1CCC(Nc2nc3c(c(N(C)C)n2)CCCC3)CC1. The first-order valence-electron chi connectivity index (χ1n) is 10.4. The van der Waals surface area contributed by atoms with Crippen molar-refractivity contribution >= 4 is 17.8 Å². The number of hydrogen-bond donors (Lipinski definition) is 3. The van der Waals surface area contributed by atoms with Crippen LogP contribution in [0.2, 0.25) is 0 Å². The highest BCUT2D eigenvalue weighted by Gasteiger charge is 2.24. The van der Waals surface area contributed by atoms with Crippen molar-refractivity contribution < 1.29 is 4.79 Å². The molecule has 0 saturated heterocycles. The summed E-state index contributed by atoms with van der Waals surface area (Å²) in [5.41, 5.74) is 2.54. The number of aryl methyl sites for hydroxylation is 1. The first-order chi connectivity index (χ1) is 13.1. The fraction of sp³-hybridized carbons (Fsp3) is 0.750. The summed E-state index contributed by atoms with van der Waals surface area (Å²) in [5, 5.41) is 9.53. The topological polar surface area (TPSA) is 82.2 Å². The second-order valence-electron chi connectivity index (χ2n) is 7.99. The molecule has 0 aliphatic heterocycles. The van der Waals surface area contributed by atoms with E-state index in [0.717, 1.165) is 63.3 Å². The van der Waals surface area contributed by atoms with Crippen LogP contribution < -0.4 is 20.9 Å². The van der Waals surface area contributed by atoms with E-state index in [0.29, 0.717) is 6.04 Å². The Morgan fingerprint density at radius 1 is 1.07 bits per heavy atom. The molecule has 7 heteroatoms. The summed E-state index contributed by atoms with van der Waals surface area (Å²) >= 11 is 0. The van der Waals surface area contributed by atoms with Crippen LogP contribution in [0.15, 0.2) is 0 Å². The average molecular weight is 375 g/mol. The van der Waals surface area contributed by atoms with E-state index in [-0.39, 0.29) is 12.1 Å². The van der Waals surface area contributed by atoms with Gasteiger partial charge in [0.25, 0.3) is 0 Å². The maximum Gasteiger partial charge on any atom is 0.315 e. The molecular formula is C20H34N6O. The summed E-state index contributed by atoms with van der Waals surface area (Å²) in [7, 11) is 4.11. The quantitative estimate of drug-likeness (QED) is 0.713. The highest BCUT2D eigenvalue weighted by Crippen LogP contribution is 2.29. The first kappa shape index (κ1) is 19.7. The lowest BCUT2D eigenvalue weighted by atomic mass is 9.91. The van der Waals surface area contributed by atoms with Gasteiger partial charge in [-0.2, -0.15) is 4.98 Å². The normalized spacial score (nSPS) is 21.9. The Morgan fingerprint density at radius 3 is 2.48 bits per heavy atom. The van der Waals surface area contributed by atoms with E-state index in [4.69, 9.17) is 9.97 Å². The second-order valence-corrected chi connectivity index (χ2v) is 7.99. The minimum absolute atomic E-state index is 0.0399. The van der Waals surface area contributed by atoms with E-state index < -0.39 is 0 Å². The highest BCUT2D eigenvalue weighted by molar-refractivity contribution is 5.74. The highest BCUT2D eigenvalue weighted by atomic mass is 16.2. The molecular weight excluding hydrogens is 340 g/mol. The number of anilines is 2. The number of aromatic nitrogens is 2. The number of carbonyl (C=O) groups excluding carboxylic acids is 1. The number of fused-ring (bicyclic) bond motifs is 1. The molecule has 0 aromatic carbocycles. The Morgan fingerprint density at radius 2 is 1.78 bits per heavy atom. The van der Waals surface area contributed by atoms with E-state index in [9.17, 15) is 4.79 Å². The van der Waals surface area contributed by atoms with E-state index in [1.165, 1.54) is 24.1 Å². The molecule has 150 valence electrons. The van der Waals surface area contributed by atoms with Crippen molar-refractivity contribution in [1.82, 2.24) is 20.6 Å². The van der Waals surface area contributed by atoms with Gasteiger partial charge >= 0.3 is 6.03 Å². The fourth-order valence-corrected chi connectivity index (χ4v) is 4.05. The molecule has 1 aromatic rings. The number of urea groups is 1. The Balaban J connectivity index is 1.56. The lowest BCUT2D eigenvalue weighted by Gasteiger charge is -2.30. The largest absolute Gasteiger partial charge is 0.362 e. The Labute approximate surface area is 162 Å². The molecule has 0 radical (unpaired) electrons. The predicted octanol–water partition coefficient (Wildman–Crippen LogP) is 2.85. The van der Waals surface area contributed by atoms with Gasteiger partial charge in [-0.05, 0) is 57.8 Å². The summed E-state index contributed by atoms with van der Waals surface area (Å²) < 4.78 is 0. The zero-order valence-corrected chi connectivity index (χ0v) is 17.0. The molecule has 1 saturated carbocycles. The number of nitrogens with zero attached hydrogens (tertiary/aromatic N) is 3. The zero-order chi connectivity index (χ0) is 19.2. The van der Waals surface area contributed by atoms with Crippen molar-refractivity contribution in [1.29, 1.82) is 0 Å². The number of amides is 2. The van der Waals surface area contributed by atoms with Crippen LogP contribution in [0.1, 0.15) is 63.1 Å². The minimum Gasteiger partial charge on any atom is -0.362 e. The van der Waals surface area contributed by atoms with Crippen LogP contribution in [0.5, 0.6) is 0 Å². The van der Waals surface area contributed by atoms with Crippen LogP contribution in [0.4, 0.5) is 16.6 Å². The molecule has 0 atom stereocenters. The fourth-order valence-electron chi connectivity index (χ4n) is 4.05. The summed E-state index contributed by atoms with van der Waals surface area (Å²) in [5.74, 6) is 1.82. The molecule has 1 fully saturated rings. The van der Waals surface area contributed by atoms with Crippen molar-refractivity contribution in [3.05, 3.63) is 11.3 Å². The smallest absolute Gasteiger partial charge is 0.315 e. The molecule has 3 rings (SSSR count). The number of hydrogen-bond acceptors (Lipinski definition) is 5. The molecule has 1 heterocycles. The molecule has 2 aliphatic rings. The van der Waals surface area contributed by atoms with Crippen LogP contribution in [0.25, 0.3) is 0 Å². The Kier molecular flexibility index (Phi) is 6.74. The molecule has 1 aromatic heterocycles. The van der Waals surface area contributed by atoms with E-state index >= 15 is 0 Å². The van der Waals surface area contributed by atoms with Crippen LogP contribution in [-0.2, 0) is 12.8 Å². The first-order valence-corrected chi connectivity index (χ1v) is 10.4. The summed E-state index contributed by atoms with van der Waals surface area (Å²) in [4.78, 5) is 23.5. The van der Waals surface area contributed by atoms with Crippen molar-refractivity contribution in [2.45, 2.75) is 76.8 Å². The standard InChI is InChI=1S/C20H34N6O/c1-4-13-21-20(27)23-15-11-9-14(10-12-15)22-19-24-17-8-6-5-7-16(17)18(25-19)26(2)3/h14-15H,4-13H2,1-3H3,(H2,21,23,27)(H,22,24,25). The van der Waals surface area contributed by atoms with Crippen LogP contribution in [0.3, 0.4) is 0 Å². The minimum atomic E-state index is -0.0399. The lowest BCUT2D eigenvalue weighted by molar-refractivity contribution is 0.232. The maximum atomic E-state index is 11.8. The molecule has 0 spiro atoms. The van der Waals surface area contributed by atoms with E-state index in [1.54, 1.807) is 0 Å². The van der Waals surface area contributed by atoms with E-state index in [2.05, 4.69) is 41.9 Å². The van der Waals surface area contributed by atoms with Gasteiger partial charge in [0.2, 0.25) is 5.95 Å². The number of nitrogens with one attached hydrogen (secondary N) is 3. The molecule has 7 nitrogen and oxygen atoms in total. The third kappa shape index (κ3) is 5.23. The molecule has 2 amide bonds. The molecule has 3 N–H and O–H groups in total. The van der Waals surface area contributed by atoms with E-state index in [1.807, 2.05) is 0 Å². The molecule has 27 heavy (non-hydrogen) atoms. The van der Waals surface area contributed by atoms with Gasteiger partial charge in [0.15, 0.2) is 0 Å². The van der Waals surface area contributed by atoms with Gasteiger partial charge in [-0.3, -0.25) is 0 Å². The van der Waals surface area contributed by atoms with Gasteiger partial charge in [0.1, 0.15) is 5.82 Å². The third-order valence-electron chi connectivity index (χ3n) is 5.52. The van der Waals surface area contributed by atoms with Crippen LogP contribution in [0, 0.1) is 0 Å². The van der Waals surface area contributed by atoms with Crippen LogP contribution >= 0.6 is 0 Å². The van der Waals surface area contributed by atoms with Crippen molar-refractivity contribution in [3.63, 3.8) is 0 Å². The predicted molar refractivity (Wildman–Crippen MR) is 109 cm³/mol. The average Bonchev–Trinajstić information content (AvgIpc) is 2.67. The van der Waals surface area contributed by atoms with Crippen molar-refractivity contribution in [3.8, 4) is 0 Å². The Hall–Kier alpha value is -2.05. The summed E-state index contributed by atoms with van der Waals surface area (Å²) in [6.45, 7) is 2.79. The molecule has 2 aliphatic carbocycles. The molecule has 0 bridgehead atoms. The summed E-state index contributed by atoms with van der Waals surface area (Å²) in [6, 6.07) is 0.599. The monoisotopic (exact) mass is 374 g/mol. The maximum absolute atomic E-state index is 11.8. The lowest BCUT2D eigenvalue weighted by Crippen LogP contribution is -2.45. The van der Waals surface area contributed by atoms with Gasteiger partial charge in [0, 0.05) is 38.3 Å². The Bertz CT molecular complexity index is 640. The molecule has 0 unspecified atom stereocenters. The van der Waals surface area contributed by atoms with Crippen molar-refractivity contribution in [2.24, 2.45) is 0 Å². The van der Waals surface area contributed by atoms with Gasteiger partial charge in [-0.15, -0.1) is 0 Å². The number of rotatable bonds is 6.